The fourth-order valence-electron chi connectivity index (χ4n) is 5.37. The van der Waals surface area contributed by atoms with Gasteiger partial charge in [-0.1, -0.05) is 136 Å². The molecule has 1 amide bonds. The molecule has 2 atom stereocenters. The van der Waals surface area contributed by atoms with Crippen LogP contribution in [0.2, 0.25) is 0 Å². The van der Waals surface area contributed by atoms with Crippen molar-refractivity contribution in [3.05, 3.63) is 0 Å². The predicted octanol–water partition coefficient (Wildman–Crippen LogP) is 10.5. The minimum Gasteiger partial charge on any atom is -0.481 e. The van der Waals surface area contributed by atoms with E-state index in [0.717, 1.165) is 51.4 Å². The molecule has 0 aromatic rings. The number of carbonyl (C=O) groups is 2. The number of carboxylic acid groups (broad SMARTS) is 1. The summed E-state index contributed by atoms with van der Waals surface area (Å²) in [6, 6.07) is 0. The SMILES string of the molecule is CCCCCCCCCCCCCCCCOC(=O)NCCCCCCC(CC)(CC(F)CCCC)C(=O)O. The van der Waals surface area contributed by atoms with E-state index in [4.69, 9.17) is 4.74 Å². The highest BCUT2D eigenvalue weighted by atomic mass is 19.1. The van der Waals surface area contributed by atoms with Gasteiger partial charge in [-0.15, -0.1) is 0 Å². The Labute approximate surface area is 240 Å². The Morgan fingerprint density at radius 2 is 1.21 bits per heavy atom. The van der Waals surface area contributed by atoms with E-state index in [-0.39, 0.29) is 12.5 Å². The Hall–Kier alpha value is -1.33. The summed E-state index contributed by atoms with van der Waals surface area (Å²) in [7, 11) is 0. The molecule has 0 aromatic carbocycles. The molecule has 6 heteroatoms. The molecule has 0 fully saturated rings. The maximum Gasteiger partial charge on any atom is 0.407 e. The normalized spacial score (nSPS) is 13.6. The first-order valence-electron chi connectivity index (χ1n) is 16.7. The number of unbranched alkanes of at least 4 members (excludes halogenated alkanes) is 17. The van der Waals surface area contributed by atoms with Crippen LogP contribution in [-0.4, -0.2) is 36.5 Å². The average Bonchev–Trinajstić information content (AvgIpc) is 2.92. The smallest absolute Gasteiger partial charge is 0.407 e. The zero-order valence-electron chi connectivity index (χ0n) is 26.0. The molecule has 232 valence electrons. The molecule has 0 spiro atoms. The minimum absolute atomic E-state index is 0.117. The number of amides is 1. The van der Waals surface area contributed by atoms with Gasteiger partial charge in [0.25, 0.3) is 0 Å². The summed E-state index contributed by atoms with van der Waals surface area (Å²) in [5, 5.41) is 12.6. The first-order chi connectivity index (χ1) is 18.9. The minimum atomic E-state index is -1.04. The van der Waals surface area contributed by atoms with Crippen molar-refractivity contribution in [2.75, 3.05) is 13.2 Å². The van der Waals surface area contributed by atoms with Gasteiger partial charge in [0.15, 0.2) is 0 Å². The number of nitrogens with one attached hydrogen (secondary N) is 1. The molecular weight excluding hydrogens is 493 g/mol. The summed E-state index contributed by atoms with van der Waals surface area (Å²) in [5.74, 6) is -0.868. The number of rotatable bonds is 29. The van der Waals surface area contributed by atoms with Gasteiger partial charge in [0, 0.05) is 6.54 Å². The topological polar surface area (TPSA) is 75.6 Å². The van der Waals surface area contributed by atoms with Gasteiger partial charge in [0.2, 0.25) is 0 Å². The number of aliphatic carboxylic acids is 1. The Bertz CT molecular complexity index is 574. The molecule has 0 aliphatic heterocycles. The van der Waals surface area contributed by atoms with E-state index >= 15 is 0 Å². The van der Waals surface area contributed by atoms with E-state index in [0.29, 0.717) is 32.4 Å². The van der Waals surface area contributed by atoms with Crippen LogP contribution in [0.4, 0.5) is 9.18 Å². The van der Waals surface area contributed by atoms with E-state index in [1.54, 1.807) is 0 Å². The number of hydrogen-bond donors (Lipinski definition) is 2. The Morgan fingerprint density at radius 1 is 0.718 bits per heavy atom. The number of halogens is 1. The van der Waals surface area contributed by atoms with Gasteiger partial charge >= 0.3 is 12.1 Å². The predicted molar refractivity (Wildman–Crippen MR) is 162 cm³/mol. The van der Waals surface area contributed by atoms with E-state index in [1.165, 1.54) is 77.0 Å². The van der Waals surface area contributed by atoms with Crippen LogP contribution in [0.3, 0.4) is 0 Å². The lowest BCUT2D eigenvalue weighted by molar-refractivity contribution is -0.151. The summed E-state index contributed by atoms with van der Waals surface area (Å²) in [4.78, 5) is 23.8. The summed E-state index contributed by atoms with van der Waals surface area (Å²) in [6.07, 6.45) is 23.6. The number of alkyl carbamates (subject to hydrolysis) is 1. The molecule has 0 aliphatic rings. The number of carboxylic acids is 1. The molecule has 39 heavy (non-hydrogen) atoms. The molecule has 0 rings (SSSR count). The highest BCUT2D eigenvalue weighted by Crippen LogP contribution is 2.36. The van der Waals surface area contributed by atoms with E-state index in [1.807, 2.05) is 13.8 Å². The molecule has 0 bridgehead atoms. The molecule has 0 radical (unpaired) electrons. The van der Waals surface area contributed by atoms with Crippen LogP contribution in [0, 0.1) is 5.41 Å². The lowest BCUT2D eigenvalue weighted by atomic mass is 9.75. The molecule has 0 aliphatic carbocycles. The number of hydrogen-bond acceptors (Lipinski definition) is 3. The third kappa shape index (κ3) is 22.1. The highest BCUT2D eigenvalue weighted by molar-refractivity contribution is 5.74. The van der Waals surface area contributed by atoms with Gasteiger partial charge < -0.3 is 15.2 Å². The number of carbonyl (C=O) groups excluding carboxylic acids is 1. The monoisotopic (exact) mass is 557 g/mol. The summed E-state index contributed by atoms with van der Waals surface area (Å²) in [6.45, 7) is 7.19. The van der Waals surface area contributed by atoms with Gasteiger partial charge in [-0.2, -0.15) is 0 Å². The largest absolute Gasteiger partial charge is 0.481 e. The van der Waals surface area contributed by atoms with Crippen LogP contribution in [-0.2, 0) is 9.53 Å². The van der Waals surface area contributed by atoms with Crippen LogP contribution in [0.1, 0.15) is 175 Å². The quantitative estimate of drug-likeness (QED) is 0.0897. The first-order valence-corrected chi connectivity index (χ1v) is 16.7. The van der Waals surface area contributed by atoms with Crippen molar-refractivity contribution in [2.24, 2.45) is 5.41 Å². The van der Waals surface area contributed by atoms with Gasteiger partial charge in [-0.25, -0.2) is 9.18 Å². The second kappa shape index (κ2) is 26.9. The standard InChI is InChI=1S/C33H64FNO4/c1-4-7-9-10-11-12-13-14-15-16-17-18-21-24-28-39-32(38)35-27-23-20-19-22-26-33(6-3,31(36)37)29-30(34)25-8-5-2/h30H,4-29H2,1-3H3,(H,35,38)(H,36,37). The van der Waals surface area contributed by atoms with Crippen LogP contribution < -0.4 is 5.32 Å². The van der Waals surface area contributed by atoms with Crippen molar-refractivity contribution in [3.63, 3.8) is 0 Å². The van der Waals surface area contributed by atoms with E-state index in [9.17, 15) is 19.1 Å². The Balaban J connectivity index is 3.63. The zero-order chi connectivity index (χ0) is 29.0. The fraction of sp³-hybridized carbons (Fsp3) is 0.939. The molecule has 0 saturated carbocycles. The third-order valence-corrected chi connectivity index (χ3v) is 8.20. The summed E-state index contributed by atoms with van der Waals surface area (Å²) < 4.78 is 19.6. The lowest BCUT2D eigenvalue weighted by Crippen LogP contribution is -2.33. The molecule has 2 N–H and O–H groups in total. The molecular formula is C33H64FNO4. The van der Waals surface area contributed by atoms with E-state index in [2.05, 4.69) is 12.2 Å². The highest BCUT2D eigenvalue weighted by Gasteiger charge is 2.38. The average molecular weight is 558 g/mol. The van der Waals surface area contributed by atoms with Crippen molar-refractivity contribution in [2.45, 2.75) is 181 Å². The summed E-state index contributed by atoms with van der Waals surface area (Å²) in [5.41, 5.74) is -0.956. The molecule has 0 heterocycles. The van der Waals surface area contributed by atoms with Crippen LogP contribution in [0.15, 0.2) is 0 Å². The van der Waals surface area contributed by atoms with Crippen molar-refractivity contribution >= 4 is 12.1 Å². The molecule has 0 aromatic heterocycles. The van der Waals surface area contributed by atoms with Crippen molar-refractivity contribution in [3.8, 4) is 0 Å². The second-order valence-corrected chi connectivity index (χ2v) is 11.7. The van der Waals surface area contributed by atoms with Crippen molar-refractivity contribution in [1.29, 1.82) is 0 Å². The second-order valence-electron chi connectivity index (χ2n) is 11.7. The first kappa shape index (κ1) is 37.7. The fourth-order valence-corrected chi connectivity index (χ4v) is 5.37. The van der Waals surface area contributed by atoms with Gasteiger partial charge in [0.05, 0.1) is 12.0 Å². The molecule has 2 unspecified atom stereocenters. The lowest BCUT2D eigenvalue weighted by Gasteiger charge is -2.29. The van der Waals surface area contributed by atoms with Gasteiger partial charge in [0.1, 0.15) is 6.17 Å². The van der Waals surface area contributed by atoms with Crippen molar-refractivity contribution in [1.82, 2.24) is 5.32 Å². The Morgan fingerprint density at radius 3 is 1.72 bits per heavy atom. The number of ether oxygens (including phenoxy) is 1. The molecule has 0 saturated heterocycles. The van der Waals surface area contributed by atoms with Gasteiger partial charge in [-0.3, -0.25) is 4.79 Å². The van der Waals surface area contributed by atoms with Gasteiger partial charge in [-0.05, 0) is 38.5 Å². The Kier molecular flexibility index (Phi) is 26.0. The maximum atomic E-state index is 14.3. The summed E-state index contributed by atoms with van der Waals surface area (Å²) >= 11 is 0. The van der Waals surface area contributed by atoms with Crippen LogP contribution in [0.25, 0.3) is 0 Å². The maximum absolute atomic E-state index is 14.3. The zero-order valence-corrected chi connectivity index (χ0v) is 26.0. The van der Waals surface area contributed by atoms with Crippen LogP contribution in [0.5, 0.6) is 0 Å². The van der Waals surface area contributed by atoms with Crippen molar-refractivity contribution < 1.29 is 23.8 Å². The van der Waals surface area contributed by atoms with E-state index < -0.39 is 17.6 Å². The van der Waals surface area contributed by atoms with Crippen LogP contribution >= 0.6 is 0 Å². The third-order valence-electron chi connectivity index (χ3n) is 8.20. The molecule has 5 nitrogen and oxygen atoms in total. The number of alkyl halides is 1.